The van der Waals surface area contributed by atoms with Gasteiger partial charge in [0.05, 0.1) is 19.3 Å². The average molecular weight is 351 g/mol. The van der Waals surface area contributed by atoms with Crippen molar-refractivity contribution in [3.05, 3.63) is 65.7 Å². The number of hydrogen-bond donors (Lipinski definition) is 0. The normalized spacial score (nSPS) is 22.9. The molecule has 2 aliphatic rings. The van der Waals surface area contributed by atoms with Crippen LogP contribution < -0.4 is 4.74 Å². The van der Waals surface area contributed by atoms with Gasteiger partial charge in [0, 0.05) is 12.1 Å². The third-order valence-corrected chi connectivity index (χ3v) is 5.14. The lowest BCUT2D eigenvalue weighted by atomic mass is 10.0. The summed E-state index contributed by atoms with van der Waals surface area (Å²) in [5.74, 6) is 1.46. The number of morpholine rings is 1. The van der Waals surface area contributed by atoms with Gasteiger partial charge in [0.1, 0.15) is 11.9 Å². The first-order valence-corrected chi connectivity index (χ1v) is 9.47. The van der Waals surface area contributed by atoms with E-state index in [1.807, 2.05) is 54.3 Å². The molecule has 136 valence electrons. The summed E-state index contributed by atoms with van der Waals surface area (Å²) in [5.41, 5.74) is 1.85. The van der Waals surface area contributed by atoms with Crippen LogP contribution in [0.3, 0.4) is 0 Å². The van der Waals surface area contributed by atoms with Crippen molar-refractivity contribution in [1.82, 2.24) is 4.90 Å². The predicted octanol–water partition coefficient (Wildman–Crippen LogP) is 4.08. The third-order valence-electron chi connectivity index (χ3n) is 5.14. The summed E-state index contributed by atoms with van der Waals surface area (Å²) < 4.78 is 11.8. The zero-order valence-corrected chi connectivity index (χ0v) is 15.1. The van der Waals surface area contributed by atoms with Crippen molar-refractivity contribution in [2.45, 2.75) is 32.0 Å². The Morgan fingerprint density at radius 3 is 2.46 bits per heavy atom. The van der Waals surface area contributed by atoms with Gasteiger partial charge in [0.25, 0.3) is 5.91 Å². The molecule has 1 amide bonds. The fraction of sp³-hybridized carbons (Fsp3) is 0.409. The maximum Gasteiger partial charge on any atom is 0.254 e. The molecule has 0 aromatic heterocycles. The van der Waals surface area contributed by atoms with Gasteiger partial charge < -0.3 is 14.4 Å². The van der Waals surface area contributed by atoms with E-state index in [0.717, 1.165) is 11.3 Å². The van der Waals surface area contributed by atoms with Gasteiger partial charge in [-0.3, -0.25) is 4.79 Å². The number of ether oxygens (including phenoxy) is 2. The number of hydrogen-bond acceptors (Lipinski definition) is 3. The summed E-state index contributed by atoms with van der Waals surface area (Å²) in [6.45, 7) is 3.85. The van der Waals surface area contributed by atoms with Crippen LogP contribution in [0, 0.1) is 5.92 Å². The monoisotopic (exact) mass is 351 g/mol. The van der Waals surface area contributed by atoms with Crippen molar-refractivity contribution >= 4 is 5.91 Å². The summed E-state index contributed by atoms with van der Waals surface area (Å²) in [5, 5.41) is 0. The Hall–Kier alpha value is -2.33. The SMILES string of the molecule is CCOc1ccc(C(=O)N2C[C@@H](c3ccccc3)O[C@@H](C3CC3)C2)cc1. The highest BCUT2D eigenvalue weighted by Crippen LogP contribution is 2.39. The van der Waals surface area contributed by atoms with E-state index in [1.165, 1.54) is 12.8 Å². The lowest BCUT2D eigenvalue weighted by Gasteiger charge is -2.38. The number of carbonyl (C=O) groups is 1. The fourth-order valence-electron chi connectivity index (χ4n) is 3.58. The zero-order chi connectivity index (χ0) is 17.9. The van der Waals surface area contributed by atoms with Crippen molar-refractivity contribution < 1.29 is 14.3 Å². The molecule has 1 aliphatic heterocycles. The summed E-state index contributed by atoms with van der Waals surface area (Å²) in [6, 6.07) is 17.7. The molecular weight excluding hydrogens is 326 g/mol. The minimum Gasteiger partial charge on any atom is -0.494 e. The average Bonchev–Trinajstić information content (AvgIpc) is 3.54. The molecule has 1 saturated heterocycles. The first-order valence-electron chi connectivity index (χ1n) is 9.47. The second kappa shape index (κ2) is 7.50. The molecule has 2 aromatic rings. The van der Waals surface area contributed by atoms with Gasteiger partial charge in [-0.05, 0) is 55.5 Å². The maximum atomic E-state index is 13.1. The minimum atomic E-state index is -0.0535. The molecule has 4 rings (SSSR count). The van der Waals surface area contributed by atoms with Crippen LogP contribution in [0.5, 0.6) is 5.75 Å². The van der Waals surface area contributed by atoms with Gasteiger partial charge in [-0.15, -0.1) is 0 Å². The first-order chi connectivity index (χ1) is 12.7. The van der Waals surface area contributed by atoms with E-state index in [-0.39, 0.29) is 18.1 Å². The number of rotatable bonds is 5. The van der Waals surface area contributed by atoms with Crippen LogP contribution in [0.4, 0.5) is 0 Å². The van der Waals surface area contributed by atoms with Crippen LogP contribution in [-0.4, -0.2) is 36.6 Å². The molecule has 0 unspecified atom stereocenters. The Labute approximate surface area is 154 Å². The fourth-order valence-corrected chi connectivity index (χ4v) is 3.58. The summed E-state index contributed by atoms with van der Waals surface area (Å²) in [7, 11) is 0. The zero-order valence-electron chi connectivity index (χ0n) is 15.1. The van der Waals surface area contributed by atoms with Crippen molar-refractivity contribution in [3.8, 4) is 5.75 Å². The van der Waals surface area contributed by atoms with Crippen molar-refractivity contribution in [2.75, 3.05) is 19.7 Å². The second-order valence-corrected chi connectivity index (χ2v) is 7.08. The van der Waals surface area contributed by atoms with Gasteiger partial charge in [-0.2, -0.15) is 0 Å². The standard InChI is InChI=1S/C22H25NO3/c1-2-25-19-12-10-18(11-13-19)22(24)23-14-20(16-6-4-3-5-7-16)26-21(15-23)17-8-9-17/h3-7,10-13,17,20-21H,2,8-9,14-15H2,1H3/t20-,21+/m0/s1. The van der Waals surface area contributed by atoms with E-state index < -0.39 is 0 Å². The molecule has 1 aliphatic carbocycles. The molecule has 26 heavy (non-hydrogen) atoms. The molecule has 4 heteroatoms. The smallest absolute Gasteiger partial charge is 0.254 e. The van der Waals surface area contributed by atoms with E-state index in [1.54, 1.807) is 0 Å². The number of carbonyl (C=O) groups excluding carboxylic acids is 1. The van der Waals surface area contributed by atoms with Gasteiger partial charge in [0.2, 0.25) is 0 Å². The van der Waals surface area contributed by atoms with Crippen LogP contribution in [0.1, 0.15) is 41.8 Å². The second-order valence-electron chi connectivity index (χ2n) is 7.08. The molecular formula is C22H25NO3. The number of benzene rings is 2. The van der Waals surface area contributed by atoms with Gasteiger partial charge >= 0.3 is 0 Å². The van der Waals surface area contributed by atoms with Crippen molar-refractivity contribution in [3.63, 3.8) is 0 Å². The first kappa shape index (κ1) is 17.1. The Bertz CT molecular complexity index is 740. The molecule has 1 heterocycles. The van der Waals surface area contributed by atoms with Crippen molar-refractivity contribution in [2.24, 2.45) is 5.92 Å². The van der Waals surface area contributed by atoms with Crippen LogP contribution in [0.2, 0.25) is 0 Å². The van der Waals surface area contributed by atoms with Gasteiger partial charge in [0.15, 0.2) is 0 Å². The predicted molar refractivity (Wildman–Crippen MR) is 100 cm³/mol. The van der Waals surface area contributed by atoms with E-state index in [9.17, 15) is 4.79 Å². The molecule has 2 fully saturated rings. The summed E-state index contributed by atoms with van der Waals surface area (Å²) in [4.78, 5) is 15.0. The Morgan fingerprint density at radius 1 is 1.08 bits per heavy atom. The summed E-state index contributed by atoms with van der Waals surface area (Å²) >= 11 is 0. The van der Waals surface area contributed by atoms with E-state index >= 15 is 0 Å². The molecule has 0 radical (unpaired) electrons. The molecule has 4 nitrogen and oxygen atoms in total. The molecule has 0 bridgehead atoms. The Morgan fingerprint density at radius 2 is 1.81 bits per heavy atom. The highest BCUT2D eigenvalue weighted by atomic mass is 16.5. The third kappa shape index (κ3) is 3.75. The Balaban J connectivity index is 1.52. The maximum absolute atomic E-state index is 13.1. The molecule has 1 saturated carbocycles. The van der Waals surface area contributed by atoms with Crippen LogP contribution >= 0.6 is 0 Å². The summed E-state index contributed by atoms with van der Waals surface area (Å²) in [6.07, 6.45) is 2.50. The molecule has 2 aromatic carbocycles. The lowest BCUT2D eigenvalue weighted by Crippen LogP contribution is -2.47. The van der Waals surface area contributed by atoms with Crippen LogP contribution in [0.15, 0.2) is 54.6 Å². The number of amides is 1. The molecule has 0 spiro atoms. The van der Waals surface area contributed by atoms with Crippen LogP contribution in [0.25, 0.3) is 0 Å². The number of nitrogens with zero attached hydrogens (tertiary/aromatic N) is 1. The Kier molecular flexibility index (Phi) is 4.93. The molecule has 2 atom stereocenters. The highest BCUT2D eigenvalue weighted by Gasteiger charge is 2.40. The van der Waals surface area contributed by atoms with Crippen LogP contribution in [-0.2, 0) is 4.74 Å². The van der Waals surface area contributed by atoms with Gasteiger partial charge in [-0.25, -0.2) is 0 Å². The minimum absolute atomic E-state index is 0.0535. The topological polar surface area (TPSA) is 38.8 Å². The van der Waals surface area contributed by atoms with E-state index in [4.69, 9.17) is 9.47 Å². The quantitative estimate of drug-likeness (QED) is 0.815. The largest absolute Gasteiger partial charge is 0.494 e. The van der Waals surface area contributed by atoms with E-state index in [0.29, 0.717) is 31.2 Å². The lowest BCUT2D eigenvalue weighted by molar-refractivity contribution is -0.0864. The van der Waals surface area contributed by atoms with Gasteiger partial charge in [-0.1, -0.05) is 30.3 Å². The van der Waals surface area contributed by atoms with E-state index in [2.05, 4.69) is 12.1 Å². The van der Waals surface area contributed by atoms with Crippen molar-refractivity contribution in [1.29, 1.82) is 0 Å². The molecule has 0 N–H and O–H groups in total. The highest BCUT2D eigenvalue weighted by molar-refractivity contribution is 5.94.